The number of hydrogen-bond donors (Lipinski definition) is 0. The first kappa shape index (κ1) is 21.3. The first-order valence-electron chi connectivity index (χ1n) is 8.91. The Morgan fingerprint density at radius 1 is 1.32 bits per heavy atom. The highest BCUT2D eigenvalue weighted by Gasteiger charge is 2.50. The number of aliphatic imine (C=N–C) groups is 1. The Balaban J connectivity index is 2.11. The van der Waals surface area contributed by atoms with Gasteiger partial charge in [-0.15, -0.1) is 0 Å². The number of nitrogens with zero attached hydrogens (tertiary/aromatic N) is 2. The summed E-state index contributed by atoms with van der Waals surface area (Å²) in [6.45, 7) is 3.75. The normalized spacial score (nSPS) is 25.6. The number of sulfone groups is 1. The van der Waals surface area contributed by atoms with Crippen LogP contribution < -0.4 is 14.4 Å². The summed E-state index contributed by atoms with van der Waals surface area (Å²) in [6, 6.07) is 2.97. The molecular formula is C18H23ClN2O5S2. The third kappa shape index (κ3) is 3.97. The number of hydrogen-bond acceptors (Lipinski definition) is 6. The lowest BCUT2D eigenvalue weighted by atomic mass is 10.1. The molecule has 0 N–H and O–H groups in total. The second-order valence-electron chi connectivity index (χ2n) is 6.87. The Hall–Kier alpha value is -1.45. The summed E-state index contributed by atoms with van der Waals surface area (Å²) in [4.78, 5) is 18.6. The van der Waals surface area contributed by atoms with Crippen molar-refractivity contribution in [2.75, 3.05) is 30.6 Å². The van der Waals surface area contributed by atoms with E-state index in [1.165, 1.54) is 26.0 Å². The lowest BCUT2D eigenvalue weighted by Gasteiger charge is -2.27. The summed E-state index contributed by atoms with van der Waals surface area (Å²) in [5.74, 6) is 0.529. The number of amidine groups is 1. The third-order valence-electron chi connectivity index (χ3n) is 5.02. The van der Waals surface area contributed by atoms with Crippen LogP contribution in [0.1, 0.15) is 20.3 Å². The van der Waals surface area contributed by atoms with Gasteiger partial charge in [0.15, 0.2) is 15.0 Å². The minimum Gasteiger partial charge on any atom is -0.495 e. The van der Waals surface area contributed by atoms with Gasteiger partial charge in [-0.3, -0.25) is 4.79 Å². The fourth-order valence-electron chi connectivity index (χ4n) is 3.26. The van der Waals surface area contributed by atoms with Crippen LogP contribution in [0.3, 0.4) is 0 Å². The van der Waals surface area contributed by atoms with E-state index in [4.69, 9.17) is 21.1 Å². The van der Waals surface area contributed by atoms with Crippen LogP contribution in [0.25, 0.3) is 0 Å². The molecule has 2 aliphatic heterocycles. The predicted octanol–water partition coefficient (Wildman–Crippen LogP) is 3.00. The fraction of sp³-hybridized carbons (Fsp3) is 0.556. The van der Waals surface area contributed by atoms with Gasteiger partial charge in [-0.2, -0.15) is 4.99 Å². The molecule has 0 unspecified atom stereocenters. The van der Waals surface area contributed by atoms with E-state index in [9.17, 15) is 13.2 Å². The first-order chi connectivity index (χ1) is 13.2. The zero-order valence-corrected chi connectivity index (χ0v) is 18.5. The number of benzene rings is 1. The molecular weight excluding hydrogens is 424 g/mol. The molecule has 10 heteroatoms. The molecule has 3 rings (SSSR count). The fourth-order valence-corrected chi connectivity index (χ4v) is 7.41. The van der Waals surface area contributed by atoms with Gasteiger partial charge in [-0.05, 0) is 12.5 Å². The number of carbonyl (C=O) groups is 1. The van der Waals surface area contributed by atoms with Gasteiger partial charge in [0.25, 0.3) is 5.91 Å². The Morgan fingerprint density at radius 3 is 2.61 bits per heavy atom. The molecule has 0 spiro atoms. The van der Waals surface area contributed by atoms with Crippen molar-refractivity contribution in [1.29, 1.82) is 0 Å². The monoisotopic (exact) mass is 446 g/mol. The van der Waals surface area contributed by atoms with E-state index in [-0.39, 0.29) is 34.6 Å². The van der Waals surface area contributed by atoms with Crippen LogP contribution in [-0.2, 0) is 14.6 Å². The summed E-state index contributed by atoms with van der Waals surface area (Å²) < 4.78 is 35.1. The molecule has 2 saturated heterocycles. The van der Waals surface area contributed by atoms with E-state index in [0.717, 1.165) is 0 Å². The lowest BCUT2D eigenvalue weighted by molar-refractivity contribution is -0.121. The highest BCUT2D eigenvalue weighted by atomic mass is 35.5. The zero-order chi connectivity index (χ0) is 20.6. The minimum absolute atomic E-state index is 0.00594. The van der Waals surface area contributed by atoms with Crippen LogP contribution in [0.5, 0.6) is 11.5 Å². The maximum Gasteiger partial charge on any atom is 0.250 e. The van der Waals surface area contributed by atoms with Crippen LogP contribution in [0, 0.1) is 5.92 Å². The van der Waals surface area contributed by atoms with Crippen LogP contribution >= 0.6 is 23.4 Å². The molecule has 3 atom stereocenters. The van der Waals surface area contributed by atoms with Crippen molar-refractivity contribution >= 4 is 50.0 Å². The number of anilines is 1. The second-order valence-corrected chi connectivity index (χ2v) is 10.6. The van der Waals surface area contributed by atoms with Crippen molar-refractivity contribution in [2.24, 2.45) is 10.9 Å². The van der Waals surface area contributed by atoms with Crippen LogP contribution in [0.15, 0.2) is 17.1 Å². The maximum absolute atomic E-state index is 12.5. The summed E-state index contributed by atoms with van der Waals surface area (Å²) in [5.41, 5.74) is 0.570. The van der Waals surface area contributed by atoms with E-state index in [1.807, 2.05) is 13.8 Å². The molecule has 2 heterocycles. The lowest BCUT2D eigenvalue weighted by Crippen LogP contribution is -2.38. The highest BCUT2D eigenvalue weighted by molar-refractivity contribution is 8.16. The molecule has 28 heavy (non-hydrogen) atoms. The number of carbonyl (C=O) groups excluding carboxylic acids is 1. The molecule has 2 aliphatic rings. The van der Waals surface area contributed by atoms with Crippen molar-refractivity contribution < 1.29 is 22.7 Å². The molecule has 0 radical (unpaired) electrons. The minimum atomic E-state index is -3.16. The van der Waals surface area contributed by atoms with Gasteiger partial charge in [0.2, 0.25) is 0 Å². The number of halogens is 1. The van der Waals surface area contributed by atoms with E-state index in [1.54, 1.807) is 17.0 Å². The van der Waals surface area contributed by atoms with E-state index in [2.05, 4.69) is 4.99 Å². The molecule has 7 nitrogen and oxygen atoms in total. The van der Waals surface area contributed by atoms with E-state index in [0.29, 0.717) is 33.8 Å². The Labute approximate surface area is 174 Å². The van der Waals surface area contributed by atoms with E-state index >= 15 is 0 Å². The standard InChI is InChI=1S/C18H23ClN2O5S2/c1-5-10(2)17(22)20-18-21(13-8-28(23,24)9-16(13)27-18)12-6-11(19)14(25-3)7-15(12)26-4/h6-7,10,13,16H,5,8-9H2,1-4H3/t10-,13-,16+/m0/s1. The van der Waals surface area contributed by atoms with Gasteiger partial charge in [0.05, 0.1) is 42.5 Å². The molecule has 1 aromatic rings. The average molecular weight is 447 g/mol. The third-order valence-corrected chi connectivity index (χ3v) is 8.52. The number of methoxy groups -OCH3 is 2. The highest BCUT2D eigenvalue weighted by Crippen LogP contribution is 2.46. The number of amides is 1. The molecule has 154 valence electrons. The number of thioether (sulfide) groups is 1. The first-order valence-corrected chi connectivity index (χ1v) is 12.0. The quantitative estimate of drug-likeness (QED) is 0.687. The van der Waals surface area contributed by atoms with Crippen molar-refractivity contribution in [1.82, 2.24) is 0 Å². The smallest absolute Gasteiger partial charge is 0.250 e. The van der Waals surface area contributed by atoms with Crippen molar-refractivity contribution in [3.05, 3.63) is 17.2 Å². The Morgan fingerprint density at radius 2 is 2.00 bits per heavy atom. The van der Waals surface area contributed by atoms with E-state index < -0.39 is 9.84 Å². The molecule has 0 aliphatic carbocycles. The molecule has 2 fully saturated rings. The van der Waals surface area contributed by atoms with Crippen molar-refractivity contribution in [2.45, 2.75) is 31.6 Å². The predicted molar refractivity (Wildman–Crippen MR) is 113 cm³/mol. The molecule has 1 amide bonds. The Bertz CT molecular complexity index is 919. The maximum atomic E-state index is 12.5. The van der Waals surface area contributed by atoms with Gasteiger partial charge >= 0.3 is 0 Å². The van der Waals surface area contributed by atoms with Gasteiger partial charge < -0.3 is 14.4 Å². The number of ether oxygens (including phenoxy) is 2. The summed E-state index contributed by atoms with van der Waals surface area (Å²) in [5, 5.41) is 0.647. The van der Waals surface area contributed by atoms with Crippen molar-refractivity contribution in [3.63, 3.8) is 0 Å². The van der Waals surface area contributed by atoms with Crippen molar-refractivity contribution in [3.8, 4) is 11.5 Å². The van der Waals surface area contributed by atoms with Gasteiger partial charge in [0.1, 0.15) is 11.5 Å². The molecule has 1 aromatic carbocycles. The molecule has 0 aromatic heterocycles. The zero-order valence-electron chi connectivity index (χ0n) is 16.1. The summed E-state index contributed by atoms with van der Waals surface area (Å²) in [7, 11) is -0.146. The van der Waals surface area contributed by atoms with Gasteiger partial charge in [0, 0.05) is 17.2 Å². The van der Waals surface area contributed by atoms with Crippen LogP contribution in [0.4, 0.5) is 5.69 Å². The summed E-state index contributed by atoms with van der Waals surface area (Å²) in [6.07, 6.45) is 0.680. The summed E-state index contributed by atoms with van der Waals surface area (Å²) >= 11 is 7.65. The molecule has 0 bridgehead atoms. The van der Waals surface area contributed by atoms with Crippen LogP contribution in [-0.4, -0.2) is 56.5 Å². The SMILES string of the molecule is CC[C@H](C)C(=O)N=C1S[C@@H]2CS(=O)(=O)C[C@@H]2N1c1cc(Cl)c(OC)cc1OC. The average Bonchev–Trinajstić information content (AvgIpc) is 3.11. The molecule has 0 saturated carbocycles. The number of fused-ring (bicyclic) bond motifs is 1. The number of rotatable bonds is 5. The van der Waals surface area contributed by atoms with Crippen LogP contribution in [0.2, 0.25) is 5.02 Å². The topological polar surface area (TPSA) is 85.3 Å². The van der Waals surface area contributed by atoms with Gasteiger partial charge in [-0.25, -0.2) is 8.42 Å². The van der Waals surface area contributed by atoms with Gasteiger partial charge in [-0.1, -0.05) is 37.2 Å². The second kappa shape index (κ2) is 8.12. The largest absolute Gasteiger partial charge is 0.495 e. The Kier molecular flexibility index (Phi) is 6.17.